The van der Waals surface area contributed by atoms with Crippen LogP contribution < -0.4 is 5.73 Å². The molecule has 22 heavy (non-hydrogen) atoms. The highest BCUT2D eigenvalue weighted by molar-refractivity contribution is 7.09. The molecule has 0 aromatic carbocycles. The van der Waals surface area contributed by atoms with E-state index in [1.807, 2.05) is 29.3 Å². The molecule has 1 aliphatic rings. The van der Waals surface area contributed by atoms with E-state index < -0.39 is 0 Å². The highest BCUT2D eigenvalue weighted by atomic mass is 32.1. The Balaban J connectivity index is 2.00. The molecular formula is C16H23N3O2S. The molecule has 2 atom stereocenters. The summed E-state index contributed by atoms with van der Waals surface area (Å²) in [4.78, 5) is 29.0. The fraction of sp³-hybridized carbons (Fsp3) is 0.500. The van der Waals surface area contributed by atoms with Gasteiger partial charge in [-0.1, -0.05) is 12.1 Å². The lowest BCUT2D eigenvalue weighted by Gasteiger charge is -2.29. The molecule has 0 unspecified atom stereocenters. The van der Waals surface area contributed by atoms with E-state index in [-0.39, 0.29) is 23.8 Å². The zero-order valence-electron chi connectivity index (χ0n) is 12.9. The zero-order chi connectivity index (χ0) is 16.1. The molecule has 0 spiro atoms. The zero-order valence-corrected chi connectivity index (χ0v) is 13.7. The molecule has 0 aliphatic carbocycles. The van der Waals surface area contributed by atoms with Crippen molar-refractivity contribution in [3.8, 4) is 0 Å². The first-order chi connectivity index (χ1) is 10.5. The fourth-order valence-corrected chi connectivity index (χ4v) is 3.49. The number of rotatable bonds is 7. The van der Waals surface area contributed by atoms with Crippen LogP contribution in [0.4, 0.5) is 0 Å². The van der Waals surface area contributed by atoms with Crippen LogP contribution in [0.1, 0.15) is 18.2 Å². The van der Waals surface area contributed by atoms with Crippen molar-refractivity contribution in [2.24, 2.45) is 11.7 Å². The number of amides is 2. The summed E-state index contributed by atoms with van der Waals surface area (Å²) in [5.74, 6) is -0.345. The van der Waals surface area contributed by atoms with Crippen molar-refractivity contribution < 1.29 is 9.59 Å². The van der Waals surface area contributed by atoms with E-state index in [0.29, 0.717) is 19.6 Å². The van der Waals surface area contributed by atoms with E-state index in [1.54, 1.807) is 22.3 Å². The Morgan fingerprint density at radius 2 is 2.41 bits per heavy atom. The molecule has 1 aromatic heterocycles. The van der Waals surface area contributed by atoms with Gasteiger partial charge in [0.2, 0.25) is 11.8 Å². The predicted octanol–water partition coefficient (Wildman–Crippen LogP) is 1.46. The average Bonchev–Trinajstić information content (AvgIpc) is 3.16. The van der Waals surface area contributed by atoms with Gasteiger partial charge < -0.3 is 10.6 Å². The summed E-state index contributed by atoms with van der Waals surface area (Å²) in [6, 6.07) is 3.76. The number of nitrogens with two attached hydrogens (primary N) is 1. The van der Waals surface area contributed by atoms with Crippen LogP contribution in [0.5, 0.6) is 0 Å². The summed E-state index contributed by atoms with van der Waals surface area (Å²) in [6.07, 6.45) is 2.48. The minimum Gasteiger partial charge on any atom is -0.369 e. The topological polar surface area (TPSA) is 66.6 Å². The number of carbonyl (C=O) groups is 2. The lowest BCUT2D eigenvalue weighted by Crippen LogP contribution is -2.46. The predicted molar refractivity (Wildman–Crippen MR) is 88.3 cm³/mol. The van der Waals surface area contributed by atoms with E-state index in [0.717, 1.165) is 17.8 Å². The number of thiophene rings is 1. The molecule has 1 saturated heterocycles. The van der Waals surface area contributed by atoms with Gasteiger partial charge in [-0.25, -0.2) is 0 Å². The second kappa shape index (κ2) is 7.56. The number of carbonyl (C=O) groups excluding carboxylic acids is 2. The molecule has 1 aliphatic heterocycles. The Morgan fingerprint density at radius 1 is 1.64 bits per heavy atom. The van der Waals surface area contributed by atoms with Crippen LogP contribution >= 0.6 is 11.3 Å². The molecule has 2 amide bonds. The van der Waals surface area contributed by atoms with Crippen molar-refractivity contribution in [3.05, 3.63) is 35.0 Å². The summed E-state index contributed by atoms with van der Waals surface area (Å²) >= 11 is 1.64. The third kappa shape index (κ3) is 3.96. The highest BCUT2D eigenvalue weighted by Gasteiger charge is 2.33. The number of primary amides is 1. The Morgan fingerprint density at radius 3 is 2.95 bits per heavy atom. The first kappa shape index (κ1) is 16.7. The standard InChI is InChI=1S/C16H23N3O2S/c1-3-7-19(11-14-5-4-9-22-14)16(21)12(2)18-8-6-13(10-18)15(17)20/h3-5,9,12-13H,1,6-8,10-11H2,2H3,(H2,17,20)/t12-,13-/m0/s1. The van der Waals surface area contributed by atoms with Crippen molar-refractivity contribution in [1.29, 1.82) is 0 Å². The maximum absolute atomic E-state index is 12.7. The Kier molecular flexibility index (Phi) is 5.74. The molecule has 2 rings (SSSR count). The van der Waals surface area contributed by atoms with Gasteiger partial charge >= 0.3 is 0 Å². The van der Waals surface area contributed by atoms with E-state index in [4.69, 9.17) is 5.73 Å². The SMILES string of the molecule is C=CCN(Cc1cccs1)C(=O)[C@H](C)N1CC[C@H](C(N)=O)C1. The van der Waals surface area contributed by atoms with Crippen molar-refractivity contribution in [1.82, 2.24) is 9.80 Å². The molecule has 1 aromatic rings. The summed E-state index contributed by atoms with van der Waals surface area (Å²) in [6.45, 7) is 8.07. The van der Waals surface area contributed by atoms with Gasteiger partial charge in [-0.3, -0.25) is 14.5 Å². The summed E-state index contributed by atoms with van der Waals surface area (Å²) in [5.41, 5.74) is 5.36. The second-order valence-electron chi connectivity index (χ2n) is 5.65. The largest absolute Gasteiger partial charge is 0.369 e. The number of likely N-dealkylation sites (tertiary alicyclic amines) is 1. The molecule has 0 saturated carbocycles. The van der Waals surface area contributed by atoms with Gasteiger partial charge in [-0.15, -0.1) is 17.9 Å². The minimum atomic E-state index is -0.274. The van der Waals surface area contributed by atoms with Crippen LogP contribution in [-0.4, -0.2) is 47.3 Å². The van der Waals surface area contributed by atoms with E-state index in [2.05, 4.69) is 6.58 Å². The monoisotopic (exact) mass is 321 g/mol. The molecular weight excluding hydrogens is 298 g/mol. The van der Waals surface area contributed by atoms with E-state index in [1.165, 1.54) is 0 Å². The van der Waals surface area contributed by atoms with E-state index >= 15 is 0 Å². The third-order valence-electron chi connectivity index (χ3n) is 4.12. The summed E-state index contributed by atoms with van der Waals surface area (Å²) in [7, 11) is 0. The van der Waals surface area contributed by atoms with E-state index in [9.17, 15) is 9.59 Å². The molecule has 5 nitrogen and oxygen atoms in total. The van der Waals surface area contributed by atoms with Crippen molar-refractivity contribution in [2.75, 3.05) is 19.6 Å². The van der Waals surface area contributed by atoms with Crippen molar-refractivity contribution in [3.63, 3.8) is 0 Å². The summed E-state index contributed by atoms with van der Waals surface area (Å²) in [5, 5.41) is 2.01. The fourth-order valence-electron chi connectivity index (χ4n) is 2.77. The van der Waals surface area contributed by atoms with Crippen LogP contribution in [0, 0.1) is 5.92 Å². The molecule has 1 fully saturated rings. The quantitative estimate of drug-likeness (QED) is 0.773. The minimum absolute atomic E-state index is 0.0680. The van der Waals surface area contributed by atoms with Crippen molar-refractivity contribution >= 4 is 23.2 Å². The molecule has 0 radical (unpaired) electrons. The number of nitrogens with zero attached hydrogens (tertiary/aromatic N) is 2. The van der Waals surface area contributed by atoms with Gasteiger partial charge in [-0.2, -0.15) is 0 Å². The third-order valence-corrected chi connectivity index (χ3v) is 4.98. The van der Waals surface area contributed by atoms with Crippen LogP contribution in [0.2, 0.25) is 0 Å². The number of hydrogen-bond donors (Lipinski definition) is 1. The maximum atomic E-state index is 12.7. The van der Waals surface area contributed by atoms with Crippen LogP contribution in [0.25, 0.3) is 0 Å². The van der Waals surface area contributed by atoms with Gasteiger partial charge in [0.15, 0.2) is 0 Å². The Labute approximate surface area is 135 Å². The molecule has 2 N–H and O–H groups in total. The van der Waals surface area contributed by atoms with Gasteiger partial charge in [0, 0.05) is 18.0 Å². The van der Waals surface area contributed by atoms with Crippen molar-refractivity contribution in [2.45, 2.75) is 25.9 Å². The summed E-state index contributed by atoms with van der Waals surface area (Å²) < 4.78 is 0. The Hall–Kier alpha value is -1.66. The van der Waals surface area contributed by atoms with Crippen LogP contribution in [0.3, 0.4) is 0 Å². The van der Waals surface area contributed by atoms with Gasteiger partial charge in [0.25, 0.3) is 0 Å². The second-order valence-corrected chi connectivity index (χ2v) is 6.68. The normalized spacial score (nSPS) is 19.8. The highest BCUT2D eigenvalue weighted by Crippen LogP contribution is 2.20. The molecule has 0 bridgehead atoms. The molecule has 120 valence electrons. The molecule has 6 heteroatoms. The van der Waals surface area contributed by atoms with Gasteiger partial charge in [-0.05, 0) is 31.3 Å². The lowest BCUT2D eigenvalue weighted by molar-refractivity contribution is -0.136. The van der Waals surface area contributed by atoms with Gasteiger partial charge in [0.1, 0.15) is 0 Å². The number of hydrogen-bond acceptors (Lipinski definition) is 4. The van der Waals surface area contributed by atoms with Gasteiger partial charge in [0.05, 0.1) is 18.5 Å². The lowest BCUT2D eigenvalue weighted by atomic mass is 10.1. The molecule has 2 heterocycles. The smallest absolute Gasteiger partial charge is 0.240 e. The van der Waals surface area contributed by atoms with Crippen LogP contribution in [0.15, 0.2) is 30.2 Å². The average molecular weight is 321 g/mol. The van der Waals surface area contributed by atoms with Crippen LogP contribution in [-0.2, 0) is 16.1 Å². The first-order valence-electron chi connectivity index (χ1n) is 7.48. The Bertz CT molecular complexity index is 530. The first-order valence-corrected chi connectivity index (χ1v) is 8.36. The maximum Gasteiger partial charge on any atom is 0.240 e.